The van der Waals surface area contributed by atoms with E-state index in [1.54, 1.807) is 36.4 Å². The van der Waals surface area contributed by atoms with Crippen LogP contribution in [-0.4, -0.2) is 27.2 Å². The number of amides is 1. The minimum atomic E-state index is -0.774. The molecule has 1 heterocycles. The molecule has 12 heteroatoms. The van der Waals surface area contributed by atoms with Crippen molar-refractivity contribution in [2.24, 2.45) is 0 Å². The highest BCUT2D eigenvalue weighted by Crippen LogP contribution is 2.43. The molecule has 0 N–H and O–H groups in total. The summed E-state index contributed by atoms with van der Waals surface area (Å²) in [6.07, 6.45) is 1.56. The second-order valence-electron chi connectivity index (χ2n) is 7.50. The number of anilines is 1. The topological polar surface area (TPSA) is 125 Å². The Labute approximate surface area is 214 Å². The molecule has 1 aliphatic heterocycles. The zero-order valence-corrected chi connectivity index (χ0v) is 20.5. The van der Waals surface area contributed by atoms with E-state index in [1.807, 2.05) is 19.1 Å². The summed E-state index contributed by atoms with van der Waals surface area (Å²) in [7, 11) is 1.40. The SMILES string of the molecule is COc1cccc(/C=C2\SC(=S)N(c3ccc(C)cc3)C2=O)c1Oc1ccc([N+](=O)[O-])cc1[N+](=O)[O-]. The standard InChI is InChI=1S/C24H17N3O7S2/c1-14-6-8-16(9-7-14)25-23(28)21(36-24(25)35)12-15-4-3-5-20(33-2)22(15)34-19-11-10-17(26(29)30)13-18(19)27(31)32/h3-13H,1-2H3/b21-12-. The van der Waals surface area contributed by atoms with Gasteiger partial charge < -0.3 is 9.47 Å². The number of aryl methyl sites for hydroxylation is 1. The minimum Gasteiger partial charge on any atom is -0.493 e. The van der Waals surface area contributed by atoms with E-state index < -0.39 is 21.2 Å². The van der Waals surface area contributed by atoms with Gasteiger partial charge in [-0.25, -0.2) is 0 Å². The number of thioether (sulfide) groups is 1. The van der Waals surface area contributed by atoms with Crippen molar-refractivity contribution < 1.29 is 24.1 Å². The minimum absolute atomic E-state index is 0.0950. The number of para-hydroxylation sites is 1. The van der Waals surface area contributed by atoms with Gasteiger partial charge in [0.2, 0.25) is 5.75 Å². The number of ether oxygens (including phenoxy) is 2. The van der Waals surface area contributed by atoms with Crippen LogP contribution in [0.4, 0.5) is 17.1 Å². The van der Waals surface area contributed by atoms with E-state index in [0.29, 0.717) is 20.5 Å². The summed E-state index contributed by atoms with van der Waals surface area (Å²) in [6, 6.07) is 15.3. The lowest BCUT2D eigenvalue weighted by Crippen LogP contribution is -2.27. The van der Waals surface area contributed by atoms with Crippen molar-refractivity contribution in [1.29, 1.82) is 0 Å². The zero-order chi connectivity index (χ0) is 26.0. The van der Waals surface area contributed by atoms with Gasteiger partial charge in [-0.2, -0.15) is 0 Å². The Bertz CT molecular complexity index is 1440. The summed E-state index contributed by atoms with van der Waals surface area (Å²) in [5, 5.41) is 22.6. The number of hydrogen-bond acceptors (Lipinski definition) is 9. The lowest BCUT2D eigenvalue weighted by Gasteiger charge is -2.15. The molecule has 0 aromatic heterocycles. The molecule has 0 radical (unpaired) electrons. The molecule has 4 rings (SSSR count). The van der Waals surface area contributed by atoms with Crippen LogP contribution in [0, 0.1) is 27.2 Å². The number of benzene rings is 3. The summed E-state index contributed by atoms with van der Waals surface area (Å²) in [6.45, 7) is 1.94. The van der Waals surface area contributed by atoms with Gasteiger partial charge in [-0.1, -0.05) is 53.8 Å². The van der Waals surface area contributed by atoms with Crippen molar-refractivity contribution in [2.75, 3.05) is 12.0 Å². The third kappa shape index (κ3) is 4.90. The Morgan fingerprint density at radius 1 is 1.00 bits per heavy atom. The molecule has 0 bridgehead atoms. The molecular formula is C24H17N3O7S2. The smallest absolute Gasteiger partial charge is 0.318 e. The maximum atomic E-state index is 13.2. The molecule has 36 heavy (non-hydrogen) atoms. The van der Waals surface area contributed by atoms with Crippen LogP contribution < -0.4 is 14.4 Å². The fourth-order valence-electron chi connectivity index (χ4n) is 3.40. The van der Waals surface area contributed by atoms with Crippen LogP contribution in [0.2, 0.25) is 0 Å². The van der Waals surface area contributed by atoms with Gasteiger partial charge in [-0.15, -0.1) is 0 Å². The van der Waals surface area contributed by atoms with Crippen LogP contribution >= 0.6 is 24.0 Å². The van der Waals surface area contributed by atoms with Crippen molar-refractivity contribution >= 4 is 57.3 Å². The van der Waals surface area contributed by atoms with Crippen LogP contribution in [0.15, 0.2) is 65.6 Å². The van der Waals surface area contributed by atoms with Crippen LogP contribution in [0.3, 0.4) is 0 Å². The number of carbonyl (C=O) groups is 1. The third-order valence-electron chi connectivity index (χ3n) is 5.16. The van der Waals surface area contributed by atoms with Crippen LogP contribution in [-0.2, 0) is 4.79 Å². The number of nitro groups is 2. The van der Waals surface area contributed by atoms with E-state index in [1.165, 1.54) is 12.0 Å². The first-order valence-corrected chi connectivity index (χ1v) is 11.5. The van der Waals surface area contributed by atoms with Gasteiger partial charge in [0, 0.05) is 11.6 Å². The lowest BCUT2D eigenvalue weighted by atomic mass is 10.1. The van der Waals surface area contributed by atoms with Gasteiger partial charge in [0.25, 0.3) is 11.6 Å². The molecule has 1 fully saturated rings. The first-order chi connectivity index (χ1) is 17.2. The number of nitro benzene ring substituents is 2. The molecule has 10 nitrogen and oxygen atoms in total. The van der Waals surface area contributed by atoms with Gasteiger partial charge in [-0.05, 0) is 37.3 Å². The molecule has 0 atom stereocenters. The Morgan fingerprint density at radius 3 is 2.36 bits per heavy atom. The third-order valence-corrected chi connectivity index (χ3v) is 6.47. The second kappa shape index (κ2) is 10.1. The van der Waals surface area contributed by atoms with E-state index in [4.69, 9.17) is 21.7 Å². The largest absolute Gasteiger partial charge is 0.493 e. The Morgan fingerprint density at radius 2 is 1.72 bits per heavy atom. The van der Waals surface area contributed by atoms with Gasteiger partial charge >= 0.3 is 5.69 Å². The Kier molecular flexibility index (Phi) is 6.99. The lowest BCUT2D eigenvalue weighted by molar-refractivity contribution is -0.394. The number of rotatable bonds is 7. The van der Waals surface area contributed by atoms with E-state index in [2.05, 4.69) is 0 Å². The number of thiocarbonyl (C=S) groups is 1. The van der Waals surface area contributed by atoms with Crippen LogP contribution in [0.1, 0.15) is 11.1 Å². The maximum Gasteiger partial charge on any atom is 0.318 e. The van der Waals surface area contributed by atoms with E-state index in [-0.39, 0.29) is 23.2 Å². The first kappa shape index (κ1) is 24.8. The molecule has 0 unspecified atom stereocenters. The number of methoxy groups -OCH3 is 1. The van der Waals surface area contributed by atoms with Crippen LogP contribution in [0.5, 0.6) is 17.2 Å². The molecule has 1 aliphatic rings. The van der Waals surface area contributed by atoms with E-state index >= 15 is 0 Å². The number of nitrogens with zero attached hydrogens (tertiary/aromatic N) is 3. The Hall–Kier alpha value is -4.29. The van der Waals surface area contributed by atoms with Gasteiger partial charge in [-0.3, -0.25) is 29.9 Å². The number of hydrogen-bond donors (Lipinski definition) is 0. The fourth-order valence-corrected chi connectivity index (χ4v) is 4.69. The maximum absolute atomic E-state index is 13.2. The monoisotopic (exact) mass is 523 g/mol. The Balaban J connectivity index is 1.74. The quantitative estimate of drug-likeness (QED) is 0.158. The number of non-ortho nitro benzene ring substituents is 1. The molecule has 3 aromatic carbocycles. The van der Waals surface area contributed by atoms with E-state index in [0.717, 1.165) is 35.5 Å². The van der Waals surface area contributed by atoms with Crippen molar-refractivity contribution in [1.82, 2.24) is 0 Å². The average Bonchev–Trinajstić information content (AvgIpc) is 3.13. The van der Waals surface area contributed by atoms with Crippen molar-refractivity contribution in [2.45, 2.75) is 6.92 Å². The normalized spacial score (nSPS) is 14.3. The molecule has 1 amide bonds. The highest BCUT2D eigenvalue weighted by Gasteiger charge is 2.34. The zero-order valence-electron chi connectivity index (χ0n) is 18.9. The highest BCUT2D eigenvalue weighted by atomic mass is 32.2. The van der Waals surface area contributed by atoms with Gasteiger partial charge in [0.05, 0.1) is 33.6 Å². The van der Waals surface area contributed by atoms with E-state index in [9.17, 15) is 25.0 Å². The average molecular weight is 524 g/mol. The van der Waals surface area contributed by atoms with Crippen molar-refractivity contribution in [3.05, 3.63) is 96.9 Å². The molecule has 1 saturated heterocycles. The van der Waals surface area contributed by atoms with Crippen LogP contribution in [0.25, 0.3) is 6.08 Å². The molecule has 0 aliphatic carbocycles. The fraction of sp³-hybridized carbons (Fsp3) is 0.0833. The first-order valence-electron chi connectivity index (χ1n) is 10.3. The van der Waals surface area contributed by atoms with Gasteiger partial charge in [0.1, 0.15) is 0 Å². The summed E-state index contributed by atoms with van der Waals surface area (Å²) in [5.41, 5.74) is 1.03. The molecule has 0 saturated carbocycles. The van der Waals surface area contributed by atoms with Crippen molar-refractivity contribution in [3.8, 4) is 17.2 Å². The summed E-state index contributed by atoms with van der Waals surface area (Å²) >= 11 is 6.54. The molecule has 0 spiro atoms. The summed E-state index contributed by atoms with van der Waals surface area (Å²) in [5.74, 6) is -0.219. The predicted octanol–water partition coefficient (Wildman–Crippen LogP) is 6.02. The second-order valence-corrected chi connectivity index (χ2v) is 9.18. The highest BCUT2D eigenvalue weighted by molar-refractivity contribution is 8.27. The predicted molar refractivity (Wildman–Crippen MR) is 140 cm³/mol. The summed E-state index contributed by atoms with van der Waals surface area (Å²) < 4.78 is 11.6. The van der Waals surface area contributed by atoms with Gasteiger partial charge in [0.15, 0.2) is 15.8 Å². The molecule has 3 aromatic rings. The molecular weight excluding hydrogens is 506 g/mol. The van der Waals surface area contributed by atoms with Crippen molar-refractivity contribution in [3.63, 3.8) is 0 Å². The summed E-state index contributed by atoms with van der Waals surface area (Å²) in [4.78, 5) is 36.1. The number of carbonyl (C=O) groups excluding carboxylic acids is 1. The molecule has 182 valence electrons.